The van der Waals surface area contributed by atoms with Crippen LogP contribution in [0, 0.1) is 5.92 Å². The van der Waals surface area contributed by atoms with E-state index in [2.05, 4.69) is 11.6 Å². The second kappa shape index (κ2) is 11.9. The maximum Gasteiger partial charge on any atom is 0.261 e. The van der Waals surface area contributed by atoms with Crippen molar-refractivity contribution in [3.8, 4) is 5.75 Å². The number of carbonyl (C=O) groups is 1. The minimum absolute atomic E-state index is 0.00360. The van der Waals surface area contributed by atoms with Gasteiger partial charge in [0.05, 0.1) is 12.0 Å². The summed E-state index contributed by atoms with van der Waals surface area (Å²) in [5, 5.41) is 0. The average molecular weight is 476 g/mol. The van der Waals surface area contributed by atoms with Gasteiger partial charge in [0.2, 0.25) is 5.91 Å². The van der Waals surface area contributed by atoms with Gasteiger partial charge in [-0.3, -0.25) is 9.52 Å². The Balaban J connectivity index is 2.37. The molecule has 0 aromatic heterocycles. The van der Waals surface area contributed by atoms with Crippen LogP contribution in [0.5, 0.6) is 5.75 Å². The quantitative estimate of drug-likeness (QED) is 0.480. The summed E-state index contributed by atoms with van der Waals surface area (Å²) in [6, 6.07) is 11.7. The normalized spacial score (nSPS) is 11.4. The minimum Gasteiger partial charge on any atom is -0.497 e. The molecule has 0 radical (unpaired) electrons. The Bertz CT molecular complexity index is 1020. The molecule has 0 saturated carbocycles. The molecular weight excluding hydrogens is 438 g/mol. The van der Waals surface area contributed by atoms with Crippen molar-refractivity contribution in [2.45, 2.75) is 51.5 Å². The molecule has 1 N–H and O–H groups in total. The van der Waals surface area contributed by atoms with E-state index in [1.165, 1.54) is 19.2 Å². The maximum absolute atomic E-state index is 13.1. The van der Waals surface area contributed by atoms with Crippen LogP contribution in [-0.2, 0) is 21.4 Å². The number of rotatable bonds is 12. The number of carbonyl (C=O) groups excluding carboxylic acids is 1. The second-order valence-electron chi connectivity index (χ2n) is 8.29. The van der Waals surface area contributed by atoms with Gasteiger partial charge >= 0.3 is 0 Å². The summed E-state index contributed by atoms with van der Waals surface area (Å²) < 4.78 is 33.6. The van der Waals surface area contributed by atoms with Gasteiger partial charge in [-0.1, -0.05) is 20.8 Å². The zero-order chi connectivity index (χ0) is 24.6. The second-order valence-corrected chi connectivity index (χ2v) is 9.97. The third-order valence-electron chi connectivity index (χ3n) is 5.68. The van der Waals surface area contributed by atoms with Gasteiger partial charge in [-0.25, -0.2) is 8.42 Å². The topological polar surface area (TPSA) is 79.0 Å². The van der Waals surface area contributed by atoms with E-state index in [9.17, 15) is 13.2 Å². The van der Waals surface area contributed by atoms with Gasteiger partial charge in [0, 0.05) is 44.5 Å². The highest BCUT2D eigenvalue weighted by Crippen LogP contribution is 2.27. The number of nitrogens with one attached hydrogen (secondary N) is 1. The zero-order valence-electron chi connectivity index (χ0n) is 20.6. The molecule has 7 nitrogen and oxygen atoms in total. The number of amides is 1. The molecule has 0 aliphatic heterocycles. The molecule has 0 saturated heterocycles. The van der Waals surface area contributed by atoms with Crippen LogP contribution in [0.25, 0.3) is 0 Å². The third-order valence-corrected chi connectivity index (χ3v) is 7.08. The van der Waals surface area contributed by atoms with E-state index in [0.717, 1.165) is 30.5 Å². The molecule has 33 heavy (non-hydrogen) atoms. The molecule has 2 rings (SSSR count). The van der Waals surface area contributed by atoms with Gasteiger partial charge in [0.15, 0.2) is 0 Å². The lowest BCUT2D eigenvalue weighted by molar-refractivity contribution is -0.136. The summed E-state index contributed by atoms with van der Waals surface area (Å²) >= 11 is 0. The van der Waals surface area contributed by atoms with Crippen molar-refractivity contribution in [2.75, 3.05) is 37.4 Å². The fraction of sp³-hybridized carbons (Fsp3) is 0.480. The van der Waals surface area contributed by atoms with E-state index in [1.807, 2.05) is 49.9 Å². The number of hydrogen-bond donors (Lipinski definition) is 1. The lowest BCUT2D eigenvalue weighted by atomic mass is 10.0. The molecule has 0 atom stereocenters. The van der Waals surface area contributed by atoms with E-state index >= 15 is 0 Å². The summed E-state index contributed by atoms with van der Waals surface area (Å²) in [6.07, 6.45) is 2.46. The summed E-state index contributed by atoms with van der Waals surface area (Å²) in [4.78, 5) is 17.1. The SMILES string of the molecule is CCCN(Cc1cc(NS(=O)(=O)c2ccc(OC)cc2)ccc1N(C)C)C(=O)C(CC)CC. The summed E-state index contributed by atoms with van der Waals surface area (Å²) in [5.41, 5.74) is 2.29. The standard InChI is InChI=1S/C25H37N3O4S/c1-7-16-28(25(29)19(8-2)9-3)18-20-17-21(10-15-24(20)27(4)5)26-33(30,31)23-13-11-22(32-6)12-14-23/h10-15,17,19,26H,7-9,16,18H2,1-6H3. The van der Waals surface area contributed by atoms with E-state index in [0.29, 0.717) is 24.5 Å². The summed E-state index contributed by atoms with van der Waals surface area (Å²) in [6.45, 7) is 7.21. The molecular formula is C25H37N3O4S. The van der Waals surface area contributed by atoms with Crippen molar-refractivity contribution >= 4 is 27.3 Å². The first-order chi connectivity index (χ1) is 15.7. The first-order valence-corrected chi connectivity index (χ1v) is 12.9. The smallest absolute Gasteiger partial charge is 0.261 e. The first-order valence-electron chi connectivity index (χ1n) is 11.4. The highest BCUT2D eigenvalue weighted by atomic mass is 32.2. The molecule has 0 aliphatic carbocycles. The van der Waals surface area contributed by atoms with Crippen LogP contribution in [0.2, 0.25) is 0 Å². The van der Waals surface area contributed by atoms with Gasteiger partial charge in [-0.2, -0.15) is 0 Å². The van der Waals surface area contributed by atoms with Crippen molar-refractivity contribution in [1.29, 1.82) is 0 Å². The Morgan fingerprint density at radius 2 is 1.67 bits per heavy atom. The van der Waals surface area contributed by atoms with Crippen molar-refractivity contribution in [3.63, 3.8) is 0 Å². The molecule has 0 unspecified atom stereocenters. The molecule has 2 aromatic rings. The fourth-order valence-corrected chi connectivity index (χ4v) is 4.87. The average Bonchev–Trinajstić information content (AvgIpc) is 2.79. The van der Waals surface area contributed by atoms with Gasteiger partial charge < -0.3 is 14.5 Å². The number of sulfonamides is 1. The van der Waals surface area contributed by atoms with Crippen LogP contribution in [0.1, 0.15) is 45.6 Å². The molecule has 0 bridgehead atoms. The summed E-state index contributed by atoms with van der Waals surface area (Å²) in [7, 11) is 1.64. The van der Waals surface area contributed by atoms with Crippen molar-refractivity contribution in [2.24, 2.45) is 5.92 Å². The lowest BCUT2D eigenvalue weighted by Crippen LogP contribution is -2.36. The van der Waals surface area contributed by atoms with Crippen molar-refractivity contribution < 1.29 is 17.9 Å². The van der Waals surface area contributed by atoms with Crippen LogP contribution < -0.4 is 14.4 Å². The maximum atomic E-state index is 13.1. The Hall–Kier alpha value is -2.74. The highest BCUT2D eigenvalue weighted by molar-refractivity contribution is 7.92. The molecule has 2 aromatic carbocycles. The van der Waals surface area contributed by atoms with Crippen LogP contribution in [0.15, 0.2) is 47.4 Å². The monoisotopic (exact) mass is 475 g/mol. The lowest BCUT2D eigenvalue weighted by Gasteiger charge is -2.28. The molecule has 182 valence electrons. The van der Waals surface area contributed by atoms with E-state index in [-0.39, 0.29) is 16.7 Å². The Morgan fingerprint density at radius 3 is 2.18 bits per heavy atom. The minimum atomic E-state index is -3.76. The van der Waals surface area contributed by atoms with E-state index in [1.54, 1.807) is 18.2 Å². The van der Waals surface area contributed by atoms with Crippen LogP contribution in [-0.4, -0.2) is 47.0 Å². The number of hydrogen-bond acceptors (Lipinski definition) is 5. The number of anilines is 2. The number of nitrogens with zero attached hydrogens (tertiary/aromatic N) is 2. The Kier molecular flexibility index (Phi) is 9.58. The molecule has 0 heterocycles. The van der Waals surface area contributed by atoms with Crippen LogP contribution in [0.4, 0.5) is 11.4 Å². The predicted molar refractivity (Wildman–Crippen MR) is 134 cm³/mol. The van der Waals surface area contributed by atoms with Crippen molar-refractivity contribution in [3.05, 3.63) is 48.0 Å². The van der Waals surface area contributed by atoms with Crippen molar-refractivity contribution in [1.82, 2.24) is 4.90 Å². The van der Waals surface area contributed by atoms with Gasteiger partial charge in [-0.15, -0.1) is 0 Å². The van der Waals surface area contributed by atoms with Crippen LogP contribution in [0.3, 0.4) is 0 Å². The molecule has 8 heteroatoms. The van der Waals surface area contributed by atoms with E-state index < -0.39 is 10.0 Å². The van der Waals surface area contributed by atoms with E-state index in [4.69, 9.17) is 4.74 Å². The van der Waals surface area contributed by atoms with Gasteiger partial charge in [0.25, 0.3) is 10.0 Å². The number of methoxy groups -OCH3 is 1. The molecule has 1 amide bonds. The zero-order valence-corrected chi connectivity index (χ0v) is 21.4. The van der Waals surface area contributed by atoms with Gasteiger partial charge in [-0.05, 0) is 67.3 Å². The third kappa shape index (κ3) is 6.87. The number of ether oxygens (including phenoxy) is 1. The Morgan fingerprint density at radius 1 is 1.03 bits per heavy atom. The Labute approximate surface area is 198 Å². The molecule has 0 spiro atoms. The van der Waals surface area contributed by atoms with Gasteiger partial charge in [0.1, 0.15) is 5.75 Å². The van der Waals surface area contributed by atoms with Crippen LogP contribution >= 0.6 is 0 Å². The first kappa shape index (κ1) is 26.5. The fourth-order valence-electron chi connectivity index (χ4n) is 3.82. The summed E-state index contributed by atoms with van der Waals surface area (Å²) in [5.74, 6) is 0.733. The molecule has 0 aliphatic rings. The number of benzene rings is 2. The largest absolute Gasteiger partial charge is 0.497 e. The molecule has 0 fully saturated rings. The highest BCUT2D eigenvalue weighted by Gasteiger charge is 2.23. The predicted octanol–water partition coefficient (Wildman–Crippen LogP) is 4.74.